The minimum atomic E-state index is -1.02. The molecule has 4 rings (SSSR count). The Hall–Kier alpha value is -3.36. The average Bonchev–Trinajstić information content (AvgIpc) is 3.34. The van der Waals surface area contributed by atoms with Crippen molar-refractivity contribution in [3.8, 4) is 5.75 Å². The Balaban J connectivity index is 1.50. The first-order valence-electron chi connectivity index (χ1n) is 10.6. The molecule has 0 radical (unpaired) electrons. The number of ether oxygens (including phenoxy) is 2. The molecule has 0 atom stereocenters. The number of carboxylic acid groups (broad SMARTS) is 1. The molecule has 0 aliphatic carbocycles. The fraction of sp³-hybridized carbons (Fsp3) is 0.240. The lowest BCUT2D eigenvalue weighted by Crippen LogP contribution is -2.05. The number of thiophene rings is 1. The molecule has 0 aliphatic rings. The number of imidazole rings is 1. The second kappa shape index (κ2) is 9.87. The molecule has 0 amide bonds. The van der Waals surface area contributed by atoms with E-state index < -0.39 is 5.97 Å². The SMILES string of the molecule is CCc1nc2c(C)c(C(=O)OC)sc2n1Cc1ccc(OCc2ccc(C(=O)O)cc2Cl)cc1. The number of hydrogen-bond acceptors (Lipinski definition) is 6. The summed E-state index contributed by atoms with van der Waals surface area (Å²) in [5.41, 5.74) is 3.60. The molecule has 2 aromatic carbocycles. The van der Waals surface area contributed by atoms with Crippen LogP contribution in [0.25, 0.3) is 10.3 Å². The Labute approximate surface area is 205 Å². The van der Waals surface area contributed by atoms with Crippen molar-refractivity contribution in [2.45, 2.75) is 33.4 Å². The highest BCUT2D eigenvalue weighted by atomic mass is 35.5. The summed E-state index contributed by atoms with van der Waals surface area (Å²) < 4.78 is 12.9. The molecule has 176 valence electrons. The molecule has 9 heteroatoms. The van der Waals surface area contributed by atoms with Gasteiger partial charge >= 0.3 is 11.9 Å². The summed E-state index contributed by atoms with van der Waals surface area (Å²) >= 11 is 7.59. The molecule has 0 aliphatic heterocycles. The van der Waals surface area contributed by atoms with Crippen LogP contribution < -0.4 is 4.74 Å². The Morgan fingerprint density at radius 1 is 1.18 bits per heavy atom. The minimum absolute atomic E-state index is 0.137. The fourth-order valence-corrected chi connectivity index (χ4v) is 5.08. The third kappa shape index (κ3) is 4.64. The van der Waals surface area contributed by atoms with E-state index in [0.29, 0.717) is 27.8 Å². The first kappa shape index (κ1) is 23.8. The number of rotatable bonds is 8. The largest absolute Gasteiger partial charge is 0.489 e. The van der Waals surface area contributed by atoms with Gasteiger partial charge in [-0.3, -0.25) is 0 Å². The average molecular weight is 499 g/mol. The molecule has 0 saturated heterocycles. The number of esters is 1. The number of aryl methyl sites for hydroxylation is 2. The van der Waals surface area contributed by atoms with Gasteiger partial charge in [0, 0.05) is 22.6 Å². The van der Waals surface area contributed by atoms with Crippen LogP contribution in [0.1, 0.15) is 49.5 Å². The molecule has 1 N–H and O–H groups in total. The van der Waals surface area contributed by atoms with Crippen LogP contribution in [0, 0.1) is 6.92 Å². The third-order valence-corrected chi connectivity index (χ3v) is 7.18. The van der Waals surface area contributed by atoms with Gasteiger partial charge in [0.15, 0.2) is 0 Å². The van der Waals surface area contributed by atoms with E-state index in [1.165, 1.54) is 30.6 Å². The van der Waals surface area contributed by atoms with E-state index >= 15 is 0 Å². The van der Waals surface area contributed by atoms with Gasteiger partial charge in [0.25, 0.3) is 0 Å². The number of aromatic nitrogens is 2. The van der Waals surface area contributed by atoms with Crippen molar-refractivity contribution in [1.82, 2.24) is 9.55 Å². The third-order valence-electron chi connectivity index (χ3n) is 5.54. The Bertz CT molecular complexity index is 1370. The Kier molecular flexibility index (Phi) is 6.90. The van der Waals surface area contributed by atoms with Gasteiger partial charge in [0.2, 0.25) is 0 Å². The van der Waals surface area contributed by atoms with Gasteiger partial charge in [-0.2, -0.15) is 0 Å². The summed E-state index contributed by atoms with van der Waals surface area (Å²) in [4.78, 5) is 29.4. The van der Waals surface area contributed by atoms with Crippen molar-refractivity contribution >= 4 is 45.2 Å². The lowest BCUT2D eigenvalue weighted by Gasteiger charge is -2.11. The number of fused-ring (bicyclic) bond motifs is 1. The molecule has 0 spiro atoms. The van der Waals surface area contributed by atoms with Gasteiger partial charge in [-0.05, 0) is 36.8 Å². The van der Waals surface area contributed by atoms with Crippen molar-refractivity contribution in [1.29, 1.82) is 0 Å². The lowest BCUT2D eigenvalue weighted by atomic mass is 10.1. The second-order valence-electron chi connectivity index (χ2n) is 7.71. The van der Waals surface area contributed by atoms with Crippen molar-refractivity contribution in [2.24, 2.45) is 0 Å². The predicted molar refractivity (Wildman–Crippen MR) is 131 cm³/mol. The quantitative estimate of drug-likeness (QED) is 0.312. The first-order valence-corrected chi connectivity index (χ1v) is 11.8. The highest BCUT2D eigenvalue weighted by Crippen LogP contribution is 2.33. The first-order chi connectivity index (χ1) is 16.3. The zero-order valence-electron chi connectivity index (χ0n) is 18.9. The van der Waals surface area contributed by atoms with E-state index in [1.54, 1.807) is 6.07 Å². The van der Waals surface area contributed by atoms with Crippen LogP contribution in [0.2, 0.25) is 5.02 Å². The Morgan fingerprint density at radius 3 is 2.53 bits per heavy atom. The highest BCUT2D eigenvalue weighted by molar-refractivity contribution is 7.20. The van der Waals surface area contributed by atoms with E-state index in [2.05, 4.69) is 11.5 Å². The van der Waals surface area contributed by atoms with Crippen LogP contribution in [0.4, 0.5) is 0 Å². The van der Waals surface area contributed by atoms with Crippen molar-refractivity contribution in [3.63, 3.8) is 0 Å². The maximum atomic E-state index is 12.1. The van der Waals surface area contributed by atoms with E-state index in [-0.39, 0.29) is 18.1 Å². The number of carbonyl (C=O) groups excluding carboxylic acids is 1. The molecule has 0 bridgehead atoms. The molecule has 2 heterocycles. The zero-order chi connectivity index (χ0) is 24.4. The monoisotopic (exact) mass is 498 g/mol. The predicted octanol–water partition coefficient (Wildman–Crippen LogP) is 5.73. The van der Waals surface area contributed by atoms with Gasteiger partial charge in [-0.1, -0.05) is 36.7 Å². The van der Waals surface area contributed by atoms with Gasteiger partial charge in [-0.15, -0.1) is 11.3 Å². The van der Waals surface area contributed by atoms with Crippen LogP contribution in [0.3, 0.4) is 0 Å². The topological polar surface area (TPSA) is 90.6 Å². The van der Waals surface area contributed by atoms with Crippen LogP contribution in [-0.2, 0) is 24.3 Å². The van der Waals surface area contributed by atoms with E-state index in [0.717, 1.165) is 33.7 Å². The van der Waals surface area contributed by atoms with Crippen LogP contribution >= 0.6 is 22.9 Å². The number of carbonyl (C=O) groups is 2. The maximum Gasteiger partial charge on any atom is 0.348 e. The van der Waals surface area contributed by atoms with Crippen LogP contribution in [0.5, 0.6) is 5.75 Å². The van der Waals surface area contributed by atoms with Gasteiger partial charge in [0.05, 0.1) is 19.2 Å². The van der Waals surface area contributed by atoms with Crippen molar-refractivity contribution in [3.05, 3.63) is 80.4 Å². The number of aromatic carboxylic acids is 1. The molecule has 34 heavy (non-hydrogen) atoms. The summed E-state index contributed by atoms with van der Waals surface area (Å²) in [6.07, 6.45) is 0.775. The maximum absolute atomic E-state index is 12.1. The standard InChI is InChI=1S/C25H23ClN2O5S/c1-4-20-27-21-14(2)22(25(31)32-3)34-23(21)28(20)12-15-5-9-18(10-6-15)33-13-17-8-7-16(24(29)30)11-19(17)26/h5-11H,4,12-13H2,1-3H3,(H,29,30). The van der Waals surface area contributed by atoms with Gasteiger partial charge in [-0.25, -0.2) is 14.6 Å². The molecular weight excluding hydrogens is 476 g/mol. The summed E-state index contributed by atoms with van der Waals surface area (Å²) in [6, 6.07) is 12.3. The number of hydrogen-bond donors (Lipinski definition) is 1. The number of benzene rings is 2. The van der Waals surface area contributed by atoms with Gasteiger partial charge in [0.1, 0.15) is 33.4 Å². The molecule has 0 saturated carbocycles. The molecule has 0 unspecified atom stereocenters. The van der Waals surface area contributed by atoms with Crippen molar-refractivity contribution < 1.29 is 24.2 Å². The highest BCUT2D eigenvalue weighted by Gasteiger charge is 2.22. The van der Waals surface area contributed by atoms with E-state index in [4.69, 9.17) is 31.2 Å². The number of carboxylic acids is 1. The van der Waals surface area contributed by atoms with E-state index in [9.17, 15) is 9.59 Å². The molecule has 7 nitrogen and oxygen atoms in total. The number of methoxy groups -OCH3 is 1. The summed E-state index contributed by atoms with van der Waals surface area (Å²) in [5.74, 6) is 0.268. The Morgan fingerprint density at radius 2 is 1.91 bits per heavy atom. The van der Waals surface area contributed by atoms with Gasteiger partial charge < -0.3 is 19.1 Å². The smallest absolute Gasteiger partial charge is 0.348 e. The number of halogens is 1. The van der Waals surface area contributed by atoms with E-state index in [1.807, 2.05) is 31.2 Å². The lowest BCUT2D eigenvalue weighted by molar-refractivity contribution is 0.0604. The molecule has 4 aromatic rings. The summed E-state index contributed by atoms with van der Waals surface area (Å²) in [5, 5.41) is 9.40. The normalized spacial score (nSPS) is 11.1. The minimum Gasteiger partial charge on any atom is -0.489 e. The summed E-state index contributed by atoms with van der Waals surface area (Å²) in [7, 11) is 1.38. The second-order valence-corrected chi connectivity index (χ2v) is 9.12. The zero-order valence-corrected chi connectivity index (χ0v) is 20.5. The molecular formula is C25H23ClN2O5S. The van der Waals surface area contributed by atoms with Crippen LogP contribution in [-0.4, -0.2) is 33.7 Å². The van der Waals surface area contributed by atoms with Crippen molar-refractivity contribution in [2.75, 3.05) is 7.11 Å². The molecule has 2 aromatic heterocycles. The molecule has 0 fully saturated rings. The summed E-state index contributed by atoms with van der Waals surface area (Å²) in [6.45, 7) is 4.80. The fourth-order valence-electron chi connectivity index (χ4n) is 3.66. The number of nitrogens with zero attached hydrogens (tertiary/aromatic N) is 2. The van der Waals surface area contributed by atoms with Crippen LogP contribution in [0.15, 0.2) is 42.5 Å².